The summed E-state index contributed by atoms with van der Waals surface area (Å²) < 4.78 is 28.6. The van der Waals surface area contributed by atoms with E-state index in [4.69, 9.17) is 11.6 Å². The number of aliphatic hydroxyl groups is 1. The lowest BCUT2D eigenvalue weighted by Crippen LogP contribution is -2.51. The fourth-order valence-corrected chi connectivity index (χ4v) is 3.85. The van der Waals surface area contributed by atoms with E-state index in [-0.39, 0.29) is 0 Å². The van der Waals surface area contributed by atoms with Crippen LogP contribution in [-0.2, 0) is 11.4 Å². The van der Waals surface area contributed by atoms with Crippen molar-refractivity contribution in [2.24, 2.45) is 0 Å². The zero-order valence-electron chi connectivity index (χ0n) is 13.7. The Hall–Kier alpha value is -0.400. The predicted molar refractivity (Wildman–Crippen MR) is 91.3 cm³/mol. The molecule has 1 aromatic heterocycles. The Kier molecular flexibility index (Phi) is 5.95. The molecule has 1 unspecified atom stereocenters. The first-order valence-corrected chi connectivity index (χ1v) is 9.30. The summed E-state index contributed by atoms with van der Waals surface area (Å²) in [5, 5.41) is 11.4. The summed E-state index contributed by atoms with van der Waals surface area (Å²) >= 11 is 4.59. The molecule has 1 heterocycles. The Morgan fingerprint density at radius 1 is 1.48 bits per heavy atom. The van der Waals surface area contributed by atoms with Crippen LogP contribution in [0.25, 0.3) is 0 Å². The lowest BCUT2D eigenvalue weighted by molar-refractivity contribution is -0.0408. The molecule has 0 radical (unpaired) electrons. The molecule has 2 rings (SSSR count). The summed E-state index contributed by atoms with van der Waals surface area (Å²) in [7, 11) is 0. The fraction of sp³-hybridized carbons (Fsp3) is 0.688. The summed E-state index contributed by atoms with van der Waals surface area (Å²) in [5.74, 6) is 0. The van der Waals surface area contributed by atoms with Crippen LogP contribution in [0.15, 0.2) is 18.3 Å². The van der Waals surface area contributed by atoms with E-state index in [1.165, 1.54) is 0 Å². The molecule has 0 bridgehead atoms. The standard InChI is InChI=1S/C16H24ClFN2O2S/c1-15(2,3)23(22)20-14(11-6-9-19-13(17)10-11)16(21)7-4-12(18)5-8-16/h6,9-10,12,14,20-21H,4-5,7-8H2,1-3H3/t12-,14-,16+,23?/m0/s1. The van der Waals surface area contributed by atoms with Gasteiger partial charge in [-0.3, -0.25) is 0 Å². The van der Waals surface area contributed by atoms with Crippen LogP contribution in [0.4, 0.5) is 4.39 Å². The van der Waals surface area contributed by atoms with Crippen molar-refractivity contribution in [1.29, 1.82) is 0 Å². The van der Waals surface area contributed by atoms with E-state index in [0.29, 0.717) is 36.4 Å². The van der Waals surface area contributed by atoms with Gasteiger partial charge in [0.25, 0.3) is 0 Å². The van der Waals surface area contributed by atoms with Gasteiger partial charge < -0.3 is 9.66 Å². The van der Waals surface area contributed by atoms with Crippen LogP contribution < -0.4 is 4.72 Å². The van der Waals surface area contributed by atoms with Crippen molar-refractivity contribution in [2.75, 3.05) is 0 Å². The number of rotatable bonds is 4. The van der Waals surface area contributed by atoms with Crippen LogP contribution in [0.1, 0.15) is 58.1 Å². The van der Waals surface area contributed by atoms with Crippen molar-refractivity contribution in [2.45, 2.75) is 69.0 Å². The highest BCUT2D eigenvalue weighted by Gasteiger charge is 2.45. The van der Waals surface area contributed by atoms with Crippen molar-refractivity contribution < 1.29 is 14.0 Å². The highest BCUT2D eigenvalue weighted by Crippen LogP contribution is 2.40. The van der Waals surface area contributed by atoms with Gasteiger partial charge in [0, 0.05) is 17.6 Å². The number of hydrogen-bond donors (Lipinski definition) is 2. The first-order valence-electron chi connectivity index (χ1n) is 7.78. The smallest absolute Gasteiger partial charge is 0.136 e. The maximum atomic E-state index is 13.5. The van der Waals surface area contributed by atoms with Gasteiger partial charge in [0.1, 0.15) is 22.1 Å². The molecule has 23 heavy (non-hydrogen) atoms. The average Bonchev–Trinajstić information content (AvgIpc) is 2.46. The van der Waals surface area contributed by atoms with E-state index >= 15 is 0 Å². The van der Waals surface area contributed by atoms with Gasteiger partial charge in [0.2, 0.25) is 0 Å². The minimum absolute atomic E-state index is 0.301. The minimum atomic E-state index is -1.38. The van der Waals surface area contributed by atoms with Crippen LogP contribution in [0.5, 0.6) is 0 Å². The molecule has 1 aliphatic carbocycles. The molecular weight excluding hydrogens is 339 g/mol. The van der Waals surface area contributed by atoms with Crippen molar-refractivity contribution in [3.05, 3.63) is 29.0 Å². The van der Waals surface area contributed by atoms with Crippen LogP contribution in [0.2, 0.25) is 5.15 Å². The highest BCUT2D eigenvalue weighted by atomic mass is 35.5. The Morgan fingerprint density at radius 2 is 2.09 bits per heavy atom. The second-order valence-corrected chi connectivity index (χ2v) is 9.51. The lowest BCUT2D eigenvalue weighted by Gasteiger charge is -2.41. The molecule has 0 spiro atoms. The largest absolute Gasteiger partial charge is 0.598 e. The molecule has 0 aromatic carbocycles. The Labute approximate surface area is 145 Å². The number of alkyl halides is 1. The first-order chi connectivity index (χ1) is 10.6. The second kappa shape index (κ2) is 7.23. The maximum absolute atomic E-state index is 13.5. The summed E-state index contributed by atoms with van der Waals surface area (Å²) in [6.45, 7) is 5.57. The molecule has 2 N–H and O–H groups in total. The molecule has 1 aliphatic rings. The summed E-state index contributed by atoms with van der Waals surface area (Å²) in [4.78, 5) is 3.95. The Balaban J connectivity index is 2.31. The van der Waals surface area contributed by atoms with Gasteiger partial charge >= 0.3 is 0 Å². The van der Waals surface area contributed by atoms with E-state index in [2.05, 4.69) is 9.71 Å². The van der Waals surface area contributed by atoms with Gasteiger partial charge in [-0.1, -0.05) is 11.6 Å². The average molecular weight is 363 g/mol. The number of nitrogens with zero attached hydrogens (tertiary/aromatic N) is 1. The maximum Gasteiger partial charge on any atom is 0.136 e. The van der Waals surface area contributed by atoms with E-state index < -0.39 is 33.9 Å². The molecule has 1 aromatic rings. The number of hydrogen-bond acceptors (Lipinski definition) is 4. The van der Waals surface area contributed by atoms with Gasteiger partial charge in [0.05, 0.1) is 5.60 Å². The molecule has 1 fully saturated rings. The third-order valence-electron chi connectivity index (χ3n) is 4.18. The molecule has 0 aliphatic heterocycles. The highest BCUT2D eigenvalue weighted by molar-refractivity contribution is 7.90. The fourth-order valence-electron chi connectivity index (χ4n) is 2.74. The zero-order chi connectivity index (χ0) is 17.3. The van der Waals surface area contributed by atoms with Gasteiger partial charge in [0.15, 0.2) is 0 Å². The number of nitrogens with one attached hydrogen (secondary N) is 1. The minimum Gasteiger partial charge on any atom is -0.598 e. The molecule has 7 heteroatoms. The number of aromatic nitrogens is 1. The van der Waals surface area contributed by atoms with Gasteiger partial charge in [-0.15, -0.1) is 4.72 Å². The summed E-state index contributed by atoms with van der Waals surface area (Å²) in [6.07, 6.45) is 1.90. The molecule has 0 amide bonds. The van der Waals surface area contributed by atoms with Crippen molar-refractivity contribution >= 4 is 23.0 Å². The van der Waals surface area contributed by atoms with Crippen molar-refractivity contribution in [1.82, 2.24) is 9.71 Å². The molecule has 2 atom stereocenters. The molecule has 0 saturated heterocycles. The molecule has 130 valence electrons. The Bertz CT molecular complexity index is 533. The van der Waals surface area contributed by atoms with E-state index in [0.717, 1.165) is 0 Å². The normalized spacial score (nSPS) is 28.4. The number of pyridine rings is 1. The lowest BCUT2D eigenvalue weighted by atomic mass is 9.77. The van der Waals surface area contributed by atoms with Crippen molar-refractivity contribution in [3.63, 3.8) is 0 Å². The number of halogens is 2. The van der Waals surface area contributed by atoms with Crippen LogP contribution >= 0.6 is 11.6 Å². The predicted octanol–water partition coefficient (Wildman–Crippen LogP) is 3.47. The van der Waals surface area contributed by atoms with Gasteiger partial charge in [-0.05, 0) is 64.2 Å². The van der Waals surface area contributed by atoms with Crippen LogP contribution in [-0.4, -0.2) is 31.2 Å². The van der Waals surface area contributed by atoms with Crippen molar-refractivity contribution in [3.8, 4) is 0 Å². The van der Waals surface area contributed by atoms with E-state index in [1.807, 2.05) is 20.8 Å². The van der Waals surface area contributed by atoms with E-state index in [9.17, 15) is 14.0 Å². The summed E-state index contributed by atoms with van der Waals surface area (Å²) in [5.41, 5.74) is -0.448. The third-order valence-corrected chi connectivity index (χ3v) is 5.95. The third kappa shape index (κ3) is 4.79. The monoisotopic (exact) mass is 362 g/mol. The molecule has 1 saturated carbocycles. The summed E-state index contributed by atoms with van der Waals surface area (Å²) in [6, 6.07) is 2.80. The van der Waals surface area contributed by atoms with Gasteiger partial charge in [-0.2, -0.15) is 0 Å². The second-order valence-electron chi connectivity index (χ2n) is 7.12. The molecule has 4 nitrogen and oxygen atoms in total. The van der Waals surface area contributed by atoms with Crippen LogP contribution in [0.3, 0.4) is 0 Å². The van der Waals surface area contributed by atoms with E-state index in [1.54, 1.807) is 18.3 Å². The molecular formula is C16H24ClFN2O2S. The van der Waals surface area contributed by atoms with Gasteiger partial charge in [-0.25, -0.2) is 9.37 Å². The SMILES string of the molecule is CC(C)(C)[S+]([O-])N[C@@H](c1ccnc(Cl)c1)[C@]1(O)CC[C@@H](F)CC1. The first kappa shape index (κ1) is 18.9. The topological polar surface area (TPSA) is 68.2 Å². The van der Waals surface area contributed by atoms with Crippen LogP contribution in [0, 0.1) is 0 Å². The quantitative estimate of drug-likeness (QED) is 0.635. The zero-order valence-corrected chi connectivity index (χ0v) is 15.3. The Morgan fingerprint density at radius 3 is 2.61 bits per heavy atom.